The van der Waals surface area contributed by atoms with Gasteiger partial charge in [-0.1, -0.05) is 13.0 Å². The van der Waals surface area contributed by atoms with Crippen molar-refractivity contribution in [3.8, 4) is 0 Å². The highest BCUT2D eigenvalue weighted by molar-refractivity contribution is 7.12. The number of hydrogen-bond donors (Lipinski definition) is 1. The number of likely N-dealkylation sites (tertiary alicyclic amines) is 1. The average Bonchev–Trinajstić information content (AvgIpc) is 2.81. The maximum Gasteiger partial charge on any atom is 0.326 e. The summed E-state index contributed by atoms with van der Waals surface area (Å²) in [6.07, 6.45) is 1.42. The molecular formula is C12H15NO3S. The zero-order chi connectivity index (χ0) is 12.4. The Bertz CT molecular complexity index is 415. The molecule has 2 heterocycles. The quantitative estimate of drug-likeness (QED) is 0.877. The van der Waals surface area contributed by atoms with E-state index in [1.807, 2.05) is 12.3 Å². The van der Waals surface area contributed by atoms with Crippen LogP contribution in [0.3, 0.4) is 0 Å². The number of thiophene rings is 1. The summed E-state index contributed by atoms with van der Waals surface area (Å²) < 4.78 is 0. The Balaban J connectivity index is 2.18. The highest BCUT2D eigenvalue weighted by Crippen LogP contribution is 2.25. The van der Waals surface area contributed by atoms with Crippen LogP contribution in [0.15, 0.2) is 17.5 Å². The second-order valence-electron chi connectivity index (χ2n) is 4.46. The van der Waals surface area contributed by atoms with Gasteiger partial charge in [0, 0.05) is 6.54 Å². The van der Waals surface area contributed by atoms with Crippen LogP contribution < -0.4 is 0 Å². The minimum Gasteiger partial charge on any atom is -0.480 e. The van der Waals surface area contributed by atoms with Crippen LogP contribution in [0.5, 0.6) is 0 Å². The number of hydrogen-bond acceptors (Lipinski definition) is 3. The maximum absolute atomic E-state index is 12.2. The summed E-state index contributed by atoms with van der Waals surface area (Å²) in [4.78, 5) is 25.5. The minimum absolute atomic E-state index is 0.153. The van der Waals surface area contributed by atoms with Crippen molar-refractivity contribution in [3.05, 3.63) is 22.4 Å². The van der Waals surface area contributed by atoms with E-state index in [9.17, 15) is 14.7 Å². The Morgan fingerprint density at radius 2 is 2.29 bits per heavy atom. The number of nitrogens with zero attached hydrogens (tertiary/aromatic N) is 1. The van der Waals surface area contributed by atoms with E-state index in [-0.39, 0.29) is 5.91 Å². The Kier molecular flexibility index (Phi) is 3.47. The number of rotatable bonds is 2. The van der Waals surface area contributed by atoms with Gasteiger partial charge in [-0.05, 0) is 30.2 Å². The summed E-state index contributed by atoms with van der Waals surface area (Å²) in [5.74, 6) is -0.691. The summed E-state index contributed by atoms with van der Waals surface area (Å²) in [6.45, 7) is 2.57. The van der Waals surface area contributed by atoms with E-state index in [1.54, 1.807) is 12.1 Å². The third kappa shape index (κ3) is 2.49. The molecule has 0 aromatic carbocycles. The molecule has 1 aromatic heterocycles. The van der Waals surface area contributed by atoms with Gasteiger partial charge in [0.2, 0.25) is 0 Å². The van der Waals surface area contributed by atoms with Crippen LogP contribution in [0, 0.1) is 5.92 Å². The first-order valence-corrected chi connectivity index (χ1v) is 6.55. The molecule has 1 N–H and O–H groups in total. The summed E-state index contributed by atoms with van der Waals surface area (Å²) in [5, 5.41) is 11.0. The van der Waals surface area contributed by atoms with E-state index in [0.717, 1.165) is 6.42 Å². The fourth-order valence-electron chi connectivity index (χ4n) is 2.16. The van der Waals surface area contributed by atoms with Crippen LogP contribution in [0.25, 0.3) is 0 Å². The Hall–Kier alpha value is -1.36. The number of piperidine rings is 1. The van der Waals surface area contributed by atoms with Gasteiger partial charge in [-0.15, -0.1) is 11.3 Å². The van der Waals surface area contributed by atoms with E-state index in [1.165, 1.54) is 16.2 Å². The largest absolute Gasteiger partial charge is 0.480 e. The van der Waals surface area contributed by atoms with Gasteiger partial charge in [0.05, 0.1) is 4.88 Å². The molecule has 1 aromatic rings. The minimum atomic E-state index is -0.901. The normalized spacial score (nSPS) is 24.6. The molecule has 5 heteroatoms. The zero-order valence-electron chi connectivity index (χ0n) is 9.63. The first-order chi connectivity index (χ1) is 8.09. The van der Waals surface area contributed by atoms with Crippen molar-refractivity contribution in [1.82, 2.24) is 4.90 Å². The van der Waals surface area contributed by atoms with Crippen LogP contribution >= 0.6 is 11.3 Å². The second-order valence-corrected chi connectivity index (χ2v) is 5.41. The number of carboxylic acids is 1. The van der Waals surface area contributed by atoms with Crippen molar-refractivity contribution in [2.45, 2.75) is 25.8 Å². The number of amides is 1. The molecule has 0 bridgehead atoms. The number of carboxylic acid groups (broad SMARTS) is 1. The molecule has 2 rings (SSSR count). The predicted molar refractivity (Wildman–Crippen MR) is 65.2 cm³/mol. The van der Waals surface area contributed by atoms with Gasteiger partial charge in [-0.2, -0.15) is 0 Å². The van der Waals surface area contributed by atoms with Crippen LogP contribution in [0.1, 0.15) is 29.4 Å². The molecule has 1 aliphatic heterocycles. The molecule has 4 nitrogen and oxygen atoms in total. The van der Waals surface area contributed by atoms with Gasteiger partial charge in [0.1, 0.15) is 6.04 Å². The van der Waals surface area contributed by atoms with E-state index in [0.29, 0.717) is 23.8 Å². The molecule has 1 fully saturated rings. The lowest BCUT2D eigenvalue weighted by Crippen LogP contribution is -2.49. The standard InChI is InChI=1S/C12H15NO3S/c1-8-4-5-13(9(7-8)12(15)16)11(14)10-3-2-6-17-10/h2-3,6,8-9H,4-5,7H2,1H3,(H,15,16). The number of carbonyl (C=O) groups excluding carboxylic acids is 1. The van der Waals surface area contributed by atoms with Gasteiger partial charge < -0.3 is 10.0 Å². The fraction of sp³-hybridized carbons (Fsp3) is 0.500. The molecule has 0 saturated carbocycles. The highest BCUT2D eigenvalue weighted by atomic mass is 32.1. The number of aliphatic carboxylic acids is 1. The summed E-state index contributed by atoms with van der Waals surface area (Å²) in [6, 6.07) is 2.87. The Morgan fingerprint density at radius 1 is 1.53 bits per heavy atom. The highest BCUT2D eigenvalue weighted by Gasteiger charge is 2.35. The fourth-order valence-corrected chi connectivity index (χ4v) is 2.84. The van der Waals surface area contributed by atoms with Gasteiger partial charge in [0.15, 0.2) is 0 Å². The van der Waals surface area contributed by atoms with Crippen molar-refractivity contribution in [2.24, 2.45) is 5.92 Å². The molecule has 92 valence electrons. The Labute approximate surface area is 104 Å². The second kappa shape index (κ2) is 4.87. The van der Waals surface area contributed by atoms with Gasteiger partial charge >= 0.3 is 5.97 Å². The van der Waals surface area contributed by atoms with Crippen molar-refractivity contribution < 1.29 is 14.7 Å². The van der Waals surface area contributed by atoms with Crippen LogP contribution in [0.4, 0.5) is 0 Å². The SMILES string of the molecule is CC1CCN(C(=O)c2cccs2)C(C(=O)O)C1. The third-order valence-corrected chi connectivity index (χ3v) is 4.00. The van der Waals surface area contributed by atoms with E-state index in [2.05, 4.69) is 0 Å². The van der Waals surface area contributed by atoms with Gasteiger partial charge in [-0.3, -0.25) is 4.79 Å². The van der Waals surface area contributed by atoms with Crippen LogP contribution in [-0.4, -0.2) is 34.5 Å². The predicted octanol–water partition coefficient (Wildman–Crippen LogP) is 2.07. The number of carbonyl (C=O) groups is 2. The Morgan fingerprint density at radius 3 is 2.88 bits per heavy atom. The maximum atomic E-state index is 12.2. The molecule has 17 heavy (non-hydrogen) atoms. The molecule has 1 aliphatic rings. The van der Waals surface area contributed by atoms with Crippen LogP contribution in [0.2, 0.25) is 0 Å². The van der Waals surface area contributed by atoms with Crippen molar-refractivity contribution >= 4 is 23.2 Å². The first-order valence-electron chi connectivity index (χ1n) is 5.67. The van der Waals surface area contributed by atoms with Gasteiger partial charge in [-0.25, -0.2) is 4.79 Å². The smallest absolute Gasteiger partial charge is 0.326 e. The van der Waals surface area contributed by atoms with Crippen LogP contribution in [-0.2, 0) is 4.79 Å². The molecule has 1 amide bonds. The summed E-state index contributed by atoms with van der Waals surface area (Å²) in [5.41, 5.74) is 0. The van der Waals surface area contributed by atoms with E-state index >= 15 is 0 Å². The van der Waals surface area contributed by atoms with Crippen molar-refractivity contribution in [1.29, 1.82) is 0 Å². The summed E-state index contributed by atoms with van der Waals surface area (Å²) >= 11 is 1.36. The topological polar surface area (TPSA) is 57.6 Å². The molecule has 0 spiro atoms. The summed E-state index contributed by atoms with van der Waals surface area (Å²) in [7, 11) is 0. The lowest BCUT2D eigenvalue weighted by Gasteiger charge is -2.35. The molecule has 0 aliphatic carbocycles. The molecule has 0 radical (unpaired) electrons. The molecular weight excluding hydrogens is 238 g/mol. The van der Waals surface area contributed by atoms with Crippen molar-refractivity contribution in [3.63, 3.8) is 0 Å². The first kappa shape index (κ1) is 12.1. The van der Waals surface area contributed by atoms with E-state index in [4.69, 9.17) is 0 Å². The lowest BCUT2D eigenvalue weighted by molar-refractivity contribution is -0.144. The van der Waals surface area contributed by atoms with Crippen molar-refractivity contribution in [2.75, 3.05) is 6.54 Å². The lowest BCUT2D eigenvalue weighted by atomic mass is 9.92. The monoisotopic (exact) mass is 253 g/mol. The molecule has 1 saturated heterocycles. The van der Waals surface area contributed by atoms with Gasteiger partial charge in [0.25, 0.3) is 5.91 Å². The molecule has 2 unspecified atom stereocenters. The van der Waals surface area contributed by atoms with E-state index < -0.39 is 12.0 Å². The third-order valence-electron chi connectivity index (χ3n) is 3.14. The molecule has 2 atom stereocenters. The zero-order valence-corrected chi connectivity index (χ0v) is 10.4. The average molecular weight is 253 g/mol.